The van der Waals surface area contributed by atoms with Crippen LogP contribution in [0.2, 0.25) is 0 Å². The van der Waals surface area contributed by atoms with Crippen molar-refractivity contribution in [3.8, 4) is 17.2 Å². The molecule has 4 rings (SSSR count). The number of rotatable bonds is 6. The summed E-state index contributed by atoms with van der Waals surface area (Å²) in [5.41, 5.74) is 2.48. The molecule has 29 heavy (non-hydrogen) atoms. The van der Waals surface area contributed by atoms with Gasteiger partial charge in [0.2, 0.25) is 0 Å². The summed E-state index contributed by atoms with van der Waals surface area (Å²) in [6, 6.07) is 8.62. The highest BCUT2D eigenvalue weighted by Crippen LogP contribution is 2.40. The number of ether oxygens (including phenoxy) is 3. The summed E-state index contributed by atoms with van der Waals surface area (Å²) in [5.74, 6) is 1.34. The summed E-state index contributed by atoms with van der Waals surface area (Å²) >= 11 is 0. The van der Waals surface area contributed by atoms with Crippen molar-refractivity contribution in [1.82, 2.24) is 4.90 Å². The van der Waals surface area contributed by atoms with Gasteiger partial charge >= 0.3 is 0 Å². The third-order valence-electron chi connectivity index (χ3n) is 5.36. The normalized spacial score (nSPS) is 16.1. The van der Waals surface area contributed by atoms with E-state index in [0.717, 1.165) is 18.7 Å². The van der Waals surface area contributed by atoms with Crippen LogP contribution in [0, 0.1) is 0 Å². The van der Waals surface area contributed by atoms with Crippen molar-refractivity contribution in [3.63, 3.8) is 0 Å². The molecule has 1 aliphatic heterocycles. The fourth-order valence-electron chi connectivity index (χ4n) is 3.78. The van der Waals surface area contributed by atoms with Gasteiger partial charge in [0.05, 0.1) is 33.7 Å². The Labute approximate surface area is 169 Å². The zero-order valence-electron chi connectivity index (χ0n) is 16.6. The van der Waals surface area contributed by atoms with Gasteiger partial charge in [0.25, 0.3) is 0 Å². The van der Waals surface area contributed by atoms with Gasteiger partial charge in [-0.25, -0.2) is 0 Å². The van der Waals surface area contributed by atoms with E-state index >= 15 is 0 Å². The van der Waals surface area contributed by atoms with E-state index in [4.69, 9.17) is 18.6 Å². The number of aliphatic hydroxyl groups is 1. The zero-order valence-corrected chi connectivity index (χ0v) is 16.6. The minimum atomic E-state index is -1.01. The van der Waals surface area contributed by atoms with Crippen molar-refractivity contribution in [2.75, 3.05) is 40.5 Å². The Hall–Kier alpha value is -2.74. The van der Waals surface area contributed by atoms with Gasteiger partial charge in [-0.1, -0.05) is 0 Å². The molecule has 0 spiro atoms. The highest BCUT2D eigenvalue weighted by atomic mass is 16.5. The summed E-state index contributed by atoms with van der Waals surface area (Å²) < 4.78 is 21.9. The van der Waals surface area contributed by atoms with Crippen molar-refractivity contribution in [3.05, 3.63) is 53.3 Å². The first-order valence-electron chi connectivity index (χ1n) is 9.54. The molecule has 2 aromatic carbocycles. The smallest absolute Gasteiger partial charge is 0.134 e. The topological polar surface area (TPSA) is 84.5 Å². The number of fused-ring (bicyclic) bond motifs is 1. The largest absolute Gasteiger partial charge is 0.508 e. The van der Waals surface area contributed by atoms with E-state index in [1.165, 1.54) is 6.26 Å². The van der Waals surface area contributed by atoms with E-state index in [0.29, 0.717) is 53.4 Å². The first-order chi connectivity index (χ1) is 14.1. The number of methoxy groups -OCH3 is 2. The summed E-state index contributed by atoms with van der Waals surface area (Å²) in [4.78, 5) is 2.22. The van der Waals surface area contributed by atoms with Gasteiger partial charge in [-0.2, -0.15) is 0 Å². The molecule has 0 bridgehead atoms. The lowest BCUT2D eigenvalue weighted by atomic mass is 9.96. The van der Waals surface area contributed by atoms with Crippen LogP contribution in [0.4, 0.5) is 0 Å². The van der Waals surface area contributed by atoms with Gasteiger partial charge < -0.3 is 28.8 Å². The van der Waals surface area contributed by atoms with E-state index in [1.54, 1.807) is 44.6 Å². The Morgan fingerprint density at radius 2 is 1.86 bits per heavy atom. The van der Waals surface area contributed by atoms with Gasteiger partial charge in [-0.3, -0.25) is 4.90 Å². The molecular formula is C22H25NO6. The molecule has 0 saturated carbocycles. The van der Waals surface area contributed by atoms with E-state index in [-0.39, 0.29) is 5.75 Å². The fourth-order valence-corrected chi connectivity index (χ4v) is 3.78. The average Bonchev–Trinajstić information content (AvgIpc) is 3.20. The van der Waals surface area contributed by atoms with Crippen molar-refractivity contribution >= 4 is 11.0 Å². The number of aromatic hydroxyl groups is 1. The van der Waals surface area contributed by atoms with Crippen LogP contribution in [0.25, 0.3) is 11.0 Å². The summed E-state index contributed by atoms with van der Waals surface area (Å²) in [6.07, 6.45) is 0.530. The van der Waals surface area contributed by atoms with E-state index in [2.05, 4.69) is 4.90 Å². The number of hydrogen-bond acceptors (Lipinski definition) is 7. The lowest BCUT2D eigenvalue weighted by Gasteiger charge is -2.27. The Kier molecular flexibility index (Phi) is 5.62. The molecule has 1 fully saturated rings. The van der Waals surface area contributed by atoms with Crippen LogP contribution in [-0.4, -0.2) is 55.6 Å². The first-order valence-corrected chi connectivity index (χ1v) is 9.54. The maximum atomic E-state index is 11.2. The Balaban J connectivity index is 1.79. The third kappa shape index (κ3) is 3.76. The number of nitrogens with zero attached hydrogens (tertiary/aromatic N) is 1. The molecule has 0 radical (unpaired) electrons. The van der Waals surface area contributed by atoms with Crippen molar-refractivity contribution in [2.45, 2.75) is 12.6 Å². The van der Waals surface area contributed by atoms with Gasteiger partial charge in [-0.05, 0) is 30.3 Å². The number of phenols is 1. The molecule has 1 aliphatic rings. The second-order valence-corrected chi connectivity index (χ2v) is 7.03. The molecule has 2 N–H and O–H groups in total. The van der Waals surface area contributed by atoms with Crippen LogP contribution in [0.5, 0.6) is 17.2 Å². The van der Waals surface area contributed by atoms with E-state index in [9.17, 15) is 10.2 Å². The van der Waals surface area contributed by atoms with Gasteiger partial charge in [0.15, 0.2) is 0 Å². The number of furan rings is 1. The second-order valence-electron chi connectivity index (χ2n) is 7.03. The lowest BCUT2D eigenvalue weighted by molar-refractivity contribution is 0.0340. The molecular weight excluding hydrogens is 374 g/mol. The van der Waals surface area contributed by atoms with E-state index in [1.807, 2.05) is 0 Å². The molecule has 0 aliphatic carbocycles. The number of phenolic OH excluding ortho intramolecular Hbond substituents is 1. The number of benzene rings is 2. The quantitative estimate of drug-likeness (QED) is 0.659. The van der Waals surface area contributed by atoms with Crippen LogP contribution in [-0.2, 0) is 11.3 Å². The third-order valence-corrected chi connectivity index (χ3v) is 5.36. The highest BCUT2D eigenvalue weighted by Gasteiger charge is 2.25. The lowest BCUT2D eigenvalue weighted by Crippen LogP contribution is -2.35. The SMILES string of the molecule is COc1ccc(OC)c([C@@H](O)c2coc3ccc(O)c(CN4CCOCC4)c23)c1. The van der Waals surface area contributed by atoms with Gasteiger partial charge in [0, 0.05) is 41.7 Å². The summed E-state index contributed by atoms with van der Waals surface area (Å²) in [6.45, 7) is 3.45. The maximum Gasteiger partial charge on any atom is 0.134 e. The number of hydrogen-bond donors (Lipinski definition) is 2. The Morgan fingerprint density at radius 1 is 1.07 bits per heavy atom. The molecule has 154 valence electrons. The minimum Gasteiger partial charge on any atom is -0.508 e. The van der Waals surface area contributed by atoms with Crippen LogP contribution in [0.15, 0.2) is 41.0 Å². The molecule has 0 unspecified atom stereocenters. The van der Waals surface area contributed by atoms with Crippen LogP contribution in [0.1, 0.15) is 22.8 Å². The van der Waals surface area contributed by atoms with Gasteiger partial charge in [-0.15, -0.1) is 0 Å². The number of aliphatic hydroxyl groups excluding tert-OH is 1. The molecule has 7 heteroatoms. The Morgan fingerprint density at radius 3 is 2.59 bits per heavy atom. The highest BCUT2D eigenvalue weighted by molar-refractivity contribution is 5.87. The van der Waals surface area contributed by atoms with Crippen LogP contribution < -0.4 is 9.47 Å². The van der Waals surface area contributed by atoms with Crippen molar-refractivity contribution in [2.24, 2.45) is 0 Å². The summed E-state index contributed by atoms with van der Waals surface area (Å²) in [5, 5.41) is 22.5. The first kappa shape index (κ1) is 19.6. The molecule has 1 atom stereocenters. The predicted molar refractivity (Wildman–Crippen MR) is 108 cm³/mol. The average molecular weight is 399 g/mol. The van der Waals surface area contributed by atoms with Crippen molar-refractivity contribution in [1.29, 1.82) is 0 Å². The summed E-state index contributed by atoms with van der Waals surface area (Å²) in [7, 11) is 3.13. The fraction of sp³-hybridized carbons (Fsp3) is 0.364. The monoisotopic (exact) mass is 399 g/mol. The second kappa shape index (κ2) is 8.32. The molecule has 0 amide bonds. The molecule has 1 aromatic heterocycles. The standard InChI is InChI=1S/C22H25NO6/c1-26-14-3-5-19(27-2)15(11-14)22(25)17-13-29-20-6-4-18(24)16(21(17)20)12-23-7-9-28-10-8-23/h3-6,11,13,22,24-25H,7-10,12H2,1-2H3/t22-/m1/s1. The van der Waals surface area contributed by atoms with Crippen molar-refractivity contribution < 1.29 is 28.8 Å². The minimum absolute atomic E-state index is 0.177. The Bertz CT molecular complexity index is 992. The van der Waals surface area contributed by atoms with Crippen LogP contribution in [0.3, 0.4) is 0 Å². The predicted octanol–water partition coefficient (Wildman–Crippen LogP) is 3.07. The number of morpholine rings is 1. The molecule has 7 nitrogen and oxygen atoms in total. The molecule has 1 saturated heterocycles. The van der Waals surface area contributed by atoms with E-state index < -0.39 is 6.10 Å². The molecule has 2 heterocycles. The maximum absolute atomic E-state index is 11.2. The molecule has 3 aromatic rings. The zero-order chi connectivity index (χ0) is 20.4. The van der Waals surface area contributed by atoms with Crippen LogP contribution >= 0.6 is 0 Å². The van der Waals surface area contributed by atoms with Gasteiger partial charge in [0.1, 0.15) is 28.9 Å².